The van der Waals surface area contributed by atoms with Crippen LogP contribution in [0.15, 0.2) is 18.5 Å². The van der Waals surface area contributed by atoms with Crippen molar-refractivity contribution in [3.05, 3.63) is 24.3 Å². The van der Waals surface area contributed by atoms with Crippen molar-refractivity contribution in [1.82, 2.24) is 20.2 Å². The predicted molar refractivity (Wildman–Crippen MR) is 86.8 cm³/mol. The Balaban J connectivity index is 1.78. The lowest BCUT2D eigenvalue weighted by molar-refractivity contribution is -0.138. The van der Waals surface area contributed by atoms with Gasteiger partial charge in [-0.2, -0.15) is 0 Å². The fourth-order valence-corrected chi connectivity index (χ4v) is 3.45. The van der Waals surface area contributed by atoms with Gasteiger partial charge in [0.2, 0.25) is 5.91 Å². The van der Waals surface area contributed by atoms with Crippen LogP contribution in [0.2, 0.25) is 0 Å². The van der Waals surface area contributed by atoms with Crippen molar-refractivity contribution in [3.63, 3.8) is 0 Å². The number of rotatable bonds is 3. The molecule has 2 aliphatic rings. The Morgan fingerprint density at radius 2 is 1.96 bits per heavy atom. The van der Waals surface area contributed by atoms with Gasteiger partial charge in [0.25, 0.3) is 0 Å². The topological polar surface area (TPSA) is 67.4 Å². The van der Waals surface area contributed by atoms with E-state index in [-0.39, 0.29) is 17.5 Å². The van der Waals surface area contributed by atoms with E-state index in [4.69, 9.17) is 4.74 Å². The molecule has 0 saturated carbocycles. The Kier molecular flexibility index (Phi) is 4.38. The smallest absolute Gasteiger partial charge is 0.238 e. The van der Waals surface area contributed by atoms with E-state index in [1.807, 2.05) is 0 Å². The Labute approximate surface area is 137 Å². The summed E-state index contributed by atoms with van der Waals surface area (Å²) < 4.78 is 5.49. The monoisotopic (exact) mass is 318 g/mol. The summed E-state index contributed by atoms with van der Waals surface area (Å²) in [7, 11) is 0. The molecular formula is C17H26N4O2. The average Bonchev–Trinajstić information content (AvgIpc) is 2.46. The molecule has 6 heteroatoms. The van der Waals surface area contributed by atoms with Crippen LogP contribution in [0.4, 0.5) is 0 Å². The summed E-state index contributed by atoms with van der Waals surface area (Å²) in [6.07, 6.45) is 5.80. The Hall–Kier alpha value is -1.53. The summed E-state index contributed by atoms with van der Waals surface area (Å²) >= 11 is 0. The van der Waals surface area contributed by atoms with Crippen LogP contribution in [0.25, 0.3) is 0 Å². The lowest BCUT2D eigenvalue weighted by Gasteiger charge is -2.49. The minimum atomic E-state index is -0.504. The molecule has 1 aromatic rings. The van der Waals surface area contributed by atoms with Gasteiger partial charge in [-0.3, -0.25) is 9.69 Å². The van der Waals surface area contributed by atoms with Gasteiger partial charge in [-0.1, -0.05) is 0 Å². The number of nitrogens with one attached hydrogen (secondary N) is 1. The van der Waals surface area contributed by atoms with E-state index < -0.39 is 5.54 Å². The van der Waals surface area contributed by atoms with Crippen molar-refractivity contribution in [2.24, 2.45) is 0 Å². The molecule has 0 bridgehead atoms. The number of nitrogens with zero attached hydrogens (tertiary/aromatic N) is 3. The molecule has 1 unspecified atom stereocenters. The molecule has 3 rings (SSSR count). The second-order valence-electron chi connectivity index (χ2n) is 7.42. The number of carbonyl (C=O) groups is 1. The summed E-state index contributed by atoms with van der Waals surface area (Å²) in [5.74, 6) is 0.777. The minimum absolute atomic E-state index is 0.00629. The Bertz CT molecular complexity index is 549. The van der Waals surface area contributed by atoms with Crippen LogP contribution in [0.3, 0.4) is 0 Å². The maximum absolute atomic E-state index is 12.9. The van der Waals surface area contributed by atoms with Crippen molar-refractivity contribution >= 4 is 5.91 Å². The van der Waals surface area contributed by atoms with Crippen LogP contribution < -0.4 is 5.32 Å². The van der Waals surface area contributed by atoms with E-state index in [1.165, 1.54) is 0 Å². The van der Waals surface area contributed by atoms with Crippen molar-refractivity contribution in [3.8, 4) is 0 Å². The number of hydrogen-bond acceptors (Lipinski definition) is 5. The molecule has 0 aliphatic carbocycles. The average molecular weight is 318 g/mol. The molecule has 1 N–H and O–H groups in total. The lowest BCUT2D eigenvalue weighted by Crippen LogP contribution is -2.65. The zero-order valence-electron chi connectivity index (χ0n) is 14.2. The van der Waals surface area contributed by atoms with E-state index in [9.17, 15) is 4.79 Å². The van der Waals surface area contributed by atoms with Gasteiger partial charge < -0.3 is 10.1 Å². The third-order valence-electron chi connectivity index (χ3n) is 4.89. The summed E-state index contributed by atoms with van der Waals surface area (Å²) in [6.45, 7) is 8.66. The predicted octanol–water partition coefficient (Wildman–Crippen LogP) is 1.47. The Morgan fingerprint density at radius 3 is 2.48 bits per heavy atom. The minimum Gasteiger partial charge on any atom is -0.381 e. The van der Waals surface area contributed by atoms with Crippen LogP contribution in [0.5, 0.6) is 0 Å². The van der Waals surface area contributed by atoms with Gasteiger partial charge in [0.05, 0.1) is 6.04 Å². The first-order valence-electron chi connectivity index (χ1n) is 8.36. The van der Waals surface area contributed by atoms with Crippen LogP contribution in [0.1, 0.15) is 45.9 Å². The van der Waals surface area contributed by atoms with Gasteiger partial charge in [-0.25, -0.2) is 9.97 Å². The van der Waals surface area contributed by atoms with Gasteiger partial charge in [0.15, 0.2) is 5.82 Å². The van der Waals surface area contributed by atoms with E-state index >= 15 is 0 Å². The number of aromatic nitrogens is 2. The first-order valence-corrected chi connectivity index (χ1v) is 8.36. The van der Waals surface area contributed by atoms with Crippen molar-refractivity contribution in [2.45, 2.75) is 57.2 Å². The zero-order valence-corrected chi connectivity index (χ0v) is 14.2. The molecule has 2 saturated heterocycles. The highest BCUT2D eigenvalue weighted by Gasteiger charge is 2.45. The number of ether oxygens (including phenoxy) is 1. The maximum Gasteiger partial charge on any atom is 0.238 e. The third-order valence-corrected chi connectivity index (χ3v) is 4.89. The van der Waals surface area contributed by atoms with Crippen molar-refractivity contribution in [2.75, 3.05) is 19.8 Å². The standard InChI is InChI=1S/C17H26N4O2/c1-16(2,3)21-10-5-13(21)14(22)20-17(6-11-23-12-7-17)15-18-8-4-9-19-15/h4,8-9,13H,5-7,10-12H2,1-3H3,(H,20,22). The molecule has 0 radical (unpaired) electrons. The SMILES string of the molecule is CC(C)(C)N1CCC1C(=O)NC1(c2ncccn2)CCOCC1. The lowest BCUT2D eigenvalue weighted by atomic mass is 9.86. The largest absolute Gasteiger partial charge is 0.381 e. The third kappa shape index (κ3) is 3.23. The van der Waals surface area contributed by atoms with Crippen molar-refractivity contribution in [1.29, 1.82) is 0 Å². The highest BCUT2D eigenvalue weighted by molar-refractivity contribution is 5.83. The van der Waals surface area contributed by atoms with Gasteiger partial charge in [0, 0.05) is 50.5 Å². The first kappa shape index (κ1) is 16.3. The molecule has 0 aromatic carbocycles. The second kappa shape index (κ2) is 6.17. The summed E-state index contributed by atoms with van der Waals surface area (Å²) in [6, 6.07) is 1.74. The van der Waals surface area contributed by atoms with Crippen LogP contribution in [-0.2, 0) is 15.1 Å². The van der Waals surface area contributed by atoms with E-state index in [0.29, 0.717) is 31.9 Å². The highest BCUT2D eigenvalue weighted by Crippen LogP contribution is 2.32. The van der Waals surface area contributed by atoms with Crippen molar-refractivity contribution < 1.29 is 9.53 Å². The molecular weight excluding hydrogens is 292 g/mol. The summed E-state index contributed by atoms with van der Waals surface area (Å²) in [5, 5.41) is 3.27. The molecule has 6 nitrogen and oxygen atoms in total. The molecule has 126 valence electrons. The fraction of sp³-hybridized carbons (Fsp3) is 0.706. The zero-order chi connectivity index (χ0) is 16.5. The maximum atomic E-state index is 12.9. The molecule has 2 aliphatic heterocycles. The van der Waals surface area contributed by atoms with Crippen LogP contribution >= 0.6 is 0 Å². The molecule has 1 aromatic heterocycles. The van der Waals surface area contributed by atoms with Crippen LogP contribution in [0, 0.1) is 0 Å². The van der Waals surface area contributed by atoms with E-state index in [2.05, 4.69) is 41.0 Å². The first-order chi connectivity index (χ1) is 10.9. The van der Waals surface area contributed by atoms with Gasteiger partial charge in [0.1, 0.15) is 5.54 Å². The summed E-state index contributed by atoms with van der Waals surface area (Å²) in [5.41, 5.74) is -0.498. The van der Waals surface area contributed by atoms with E-state index in [1.54, 1.807) is 18.5 Å². The number of amides is 1. The van der Waals surface area contributed by atoms with E-state index in [0.717, 1.165) is 13.0 Å². The normalized spacial score (nSPS) is 24.7. The van der Waals surface area contributed by atoms with Gasteiger partial charge in [-0.15, -0.1) is 0 Å². The molecule has 1 atom stereocenters. The quantitative estimate of drug-likeness (QED) is 0.914. The number of likely N-dealkylation sites (tertiary alicyclic amines) is 1. The van der Waals surface area contributed by atoms with Crippen LogP contribution in [-0.4, -0.2) is 52.1 Å². The molecule has 3 heterocycles. The number of carbonyl (C=O) groups excluding carboxylic acids is 1. The molecule has 2 fully saturated rings. The molecule has 23 heavy (non-hydrogen) atoms. The fourth-order valence-electron chi connectivity index (χ4n) is 3.45. The molecule has 0 spiro atoms. The number of hydrogen-bond donors (Lipinski definition) is 1. The second-order valence-corrected chi connectivity index (χ2v) is 7.42. The molecule has 1 amide bonds. The van der Waals surface area contributed by atoms with Gasteiger partial charge >= 0.3 is 0 Å². The highest BCUT2D eigenvalue weighted by atomic mass is 16.5. The van der Waals surface area contributed by atoms with Gasteiger partial charge in [-0.05, 0) is 33.3 Å². The summed E-state index contributed by atoms with van der Waals surface area (Å²) in [4.78, 5) is 23.9. The Morgan fingerprint density at radius 1 is 1.30 bits per heavy atom.